The molecule has 0 unspecified atom stereocenters. The molecular weight excluding hydrogens is 242 g/mol. The van der Waals surface area contributed by atoms with E-state index in [1.807, 2.05) is 32.9 Å². The summed E-state index contributed by atoms with van der Waals surface area (Å²) in [4.78, 5) is 24.9. The van der Waals surface area contributed by atoms with Crippen LogP contribution in [0.5, 0.6) is 0 Å². The van der Waals surface area contributed by atoms with Crippen molar-refractivity contribution in [3.63, 3.8) is 0 Å². The van der Waals surface area contributed by atoms with E-state index in [-0.39, 0.29) is 0 Å². The highest BCUT2D eigenvalue weighted by Gasteiger charge is 2.38. The van der Waals surface area contributed by atoms with Crippen LogP contribution in [0.3, 0.4) is 0 Å². The number of hydrogen-bond acceptors (Lipinski definition) is 2. The van der Waals surface area contributed by atoms with Crippen molar-refractivity contribution in [2.75, 3.05) is 11.9 Å². The minimum Gasteiger partial charge on any atom is -0.480 e. The minimum absolute atomic E-state index is 0.425. The Morgan fingerprint density at radius 1 is 1.11 bits per heavy atom. The summed E-state index contributed by atoms with van der Waals surface area (Å²) >= 11 is 0. The molecule has 19 heavy (non-hydrogen) atoms. The van der Waals surface area contributed by atoms with E-state index in [1.165, 1.54) is 18.7 Å². The molecule has 4 heteroatoms. The van der Waals surface area contributed by atoms with Gasteiger partial charge in [0.15, 0.2) is 0 Å². The van der Waals surface area contributed by atoms with Gasteiger partial charge in [0.25, 0.3) is 0 Å². The molecule has 1 aromatic carbocycles. The van der Waals surface area contributed by atoms with Crippen molar-refractivity contribution in [1.29, 1.82) is 0 Å². The van der Waals surface area contributed by atoms with Gasteiger partial charge in [0, 0.05) is 12.7 Å². The topological polar surface area (TPSA) is 57.6 Å². The van der Waals surface area contributed by atoms with Crippen LogP contribution >= 0.6 is 0 Å². The Hall–Kier alpha value is -1.84. The van der Waals surface area contributed by atoms with Gasteiger partial charge in [-0.1, -0.05) is 6.07 Å². The Bertz CT molecular complexity index is 532. The SMILES string of the molecule is Cc1ccc(N(C)C(=O)C(C)(C)C(=O)O)c(C)c1C. The van der Waals surface area contributed by atoms with E-state index >= 15 is 0 Å². The number of carbonyl (C=O) groups excluding carboxylic acids is 1. The predicted octanol–water partition coefficient (Wildman–Crippen LogP) is 2.69. The average Bonchev–Trinajstić information content (AvgIpc) is 2.34. The van der Waals surface area contributed by atoms with E-state index in [0.717, 1.165) is 22.4 Å². The van der Waals surface area contributed by atoms with Crippen molar-refractivity contribution in [2.45, 2.75) is 34.6 Å². The Labute approximate surface area is 114 Å². The second-order valence-corrected chi connectivity index (χ2v) is 5.45. The zero-order valence-electron chi connectivity index (χ0n) is 12.4. The van der Waals surface area contributed by atoms with Crippen molar-refractivity contribution in [2.24, 2.45) is 5.41 Å². The number of amides is 1. The minimum atomic E-state index is -1.43. The van der Waals surface area contributed by atoms with Gasteiger partial charge in [-0.25, -0.2) is 0 Å². The summed E-state index contributed by atoms with van der Waals surface area (Å²) in [6.45, 7) is 8.79. The number of aliphatic carboxylic acids is 1. The molecule has 0 aromatic heterocycles. The Kier molecular flexibility index (Phi) is 4.03. The Morgan fingerprint density at radius 3 is 2.11 bits per heavy atom. The third kappa shape index (κ3) is 2.62. The van der Waals surface area contributed by atoms with Crippen molar-refractivity contribution in [3.05, 3.63) is 28.8 Å². The van der Waals surface area contributed by atoms with E-state index in [4.69, 9.17) is 5.11 Å². The van der Waals surface area contributed by atoms with Crippen LogP contribution in [0.1, 0.15) is 30.5 Å². The first-order valence-electron chi connectivity index (χ1n) is 6.19. The number of carbonyl (C=O) groups is 2. The number of nitrogens with zero attached hydrogens (tertiary/aromatic N) is 1. The third-order valence-electron chi connectivity index (χ3n) is 3.76. The Balaban J connectivity index is 3.22. The molecule has 0 radical (unpaired) electrons. The molecule has 1 aromatic rings. The van der Waals surface area contributed by atoms with Gasteiger partial charge in [-0.15, -0.1) is 0 Å². The molecule has 104 valence electrons. The number of carboxylic acids is 1. The first kappa shape index (κ1) is 15.2. The van der Waals surface area contributed by atoms with E-state index in [9.17, 15) is 9.59 Å². The van der Waals surface area contributed by atoms with Gasteiger partial charge in [0.05, 0.1) is 0 Å². The number of aryl methyl sites for hydroxylation is 1. The highest BCUT2D eigenvalue weighted by molar-refractivity contribution is 6.08. The highest BCUT2D eigenvalue weighted by atomic mass is 16.4. The molecule has 0 fully saturated rings. The maximum atomic E-state index is 12.3. The number of anilines is 1. The third-order valence-corrected chi connectivity index (χ3v) is 3.76. The maximum Gasteiger partial charge on any atom is 0.318 e. The van der Waals surface area contributed by atoms with E-state index < -0.39 is 17.3 Å². The van der Waals surface area contributed by atoms with E-state index in [2.05, 4.69) is 0 Å². The predicted molar refractivity (Wildman–Crippen MR) is 75.5 cm³/mol. The van der Waals surface area contributed by atoms with Gasteiger partial charge in [-0.3, -0.25) is 9.59 Å². The van der Waals surface area contributed by atoms with Gasteiger partial charge < -0.3 is 10.0 Å². The molecule has 1 N–H and O–H groups in total. The Morgan fingerprint density at radius 2 is 1.63 bits per heavy atom. The summed E-state index contributed by atoms with van der Waals surface area (Å²) in [5, 5.41) is 9.13. The fourth-order valence-corrected chi connectivity index (χ4v) is 1.93. The molecule has 0 spiro atoms. The van der Waals surface area contributed by atoms with Crippen LogP contribution < -0.4 is 4.90 Å². The smallest absolute Gasteiger partial charge is 0.318 e. The lowest BCUT2D eigenvalue weighted by molar-refractivity contribution is -0.152. The van der Waals surface area contributed by atoms with Crippen molar-refractivity contribution in [3.8, 4) is 0 Å². The zero-order chi connectivity index (χ0) is 15.0. The molecule has 0 heterocycles. The number of rotatable bonds is 3. The van der Waals surface area contributed by atoms with Crippen molar-refractivity contribution in [1.82, 2.24) is 0 Å². The molecule has 0 saturated heterocycles. The van der Waals surface area contributed by atoms with Crippen LogP contribution in [0.2, 0.25) is 0 Å². The molecule has 0 bridgehead atoms. The van der Waals surface area contributed by atoms with Gasteiger partial charge in [0.2, 0.25) is 5.91 Å². The molecule has 0 saturated carbocycles. The van der Waals surface area contributed by atoms with Crippen LogP contribution in [0.15, 0.2) is 12.1 Å². The lowest BCUT2D eigenvalue weighted by Crippen LogP contribution is -2.43. The monoisotopic (exact) mass is 263 g/mol. The van der Waals surface area contributed by atoms with E-state index in [1.54, 1.807) is 7.05 Å². The average molecular weight is 263 g/mol. The van der Waals surface area contributed by atoms with Gasteiger partial charge in [-0.05, 0) is 57.4 Å². The number of benzene rings is 1. The molecule has 0 aliphatic heterocycles. The fourth-order valence-electron chi connectivity index (χ4n) is 1.93. The van der Waals surface area contributed by atoms with E-state index in [0.29, 0.717) is 0 Å². The second-order valence-electron chi connectivity index (χ2n) is 5.45. The van der Waals surface area contributed by atoms with Crippen molar-refractivity contribution >= 4 is 17.6 Å². The summed E-state index contributed by atoms with van der Waals surface area (Å²) in [6.07, 6.45) is 0. The molecule has 0 aliphatic carbocycles. The standard InChI is InChI=1S/C15H21NO3/c1-9-7-8-12(11(3)10(9)2)16(6)13(17)15(4,5)14(18)19/h7-8H,1-6H3,(H,18,19). The molecule has 4 nitrogen and oxygen atoms in total. The molecule has 0 aliphatic rings. The van der Waals surface area contributed by atoms with Crippen LogP contribution in [-0.2, 0) is 9.59 Å². The van der Waals surface area contributed by atoms with Gasteiger partial charge in [-0.2, -0.15) is 0 Å². The lowest BCUT2D eigenvalue weighted by Gasteiger charge is -2.28. The van der Waals surface area contributed by atoms with Gasteiger partial charge in [0.1, 0.15) is 5.41 Å². The van der Waals surface area contributed by atoms with Crippen LogP contribution in [0, 0.1) is 26.2 Å². The van der Waals surface area contributed by atoms with Gasteiger partial charge >= 0.3 is 5.97 Å². The molecule has 0 atom stereocenters. The van der Waals surface area contributed by atoms with Crippen molar-refractivity contribution < 1.29 is 14.7 Å². The maximum absolute atomic E-state index is 12.3. The molecule has 1 rings (SSSR count). The summed E-state index contributed by atoms with van der Waals surface area (Å²) in [7, 11) is 1.62. The summed E-state index contributed by atoms with van der Waals surface area (Å²) in [5.41, 5.74) is 2.59. The summed E-state index contributed by atoms with van der Waals surface area (Å²) < 4.78 is 0. The zero-order valence-corrected chi connectivity index (χ0v) is 12.4. The second kappa shape index (κ2) is 5.03. The first-order valence-corrected chi connectivity index (χ1v) is 6.19. The number of hydrogen-bond donors (Lipinski definition) is 1. The lowest BCUT2D eigenvalue weighted by atomic mass is 9.91. The number of carboxylic acid groups (broad SMARTS) is 1. The first-order chi connectivity index (χ1) is 8.60. The fraction of sp³-hybridized carbons (Fsp3) is 0.467. The largest absolute Gasteiger partial charge is 0.480 e. The highest BCUT2D eigenvalue weighted by Crippen LogP contribution is 2.28. The molecular formula is C15H21NO3. The normalized spacial score (nSPS) is 11.3. The van der Waals surface area contributed by atoms with Crippen LogP contribution in [0.4, 0.5) is 5.69 Å². The summed E-state index contributed by atoms with van der Waals surface area (Å²) in [5.74, 6) is -1.54. The van der Waals surface area contributed by atoms with Crippen LogP contribution in [0.25, 0.3) is 0 Å². The summed E-state index contributed by atoms with van der Waals surface area (Å²) in [6, 6.07) is 3.79. The molecule has 1 amide bonds. The van der Waals surface area contributed by atoms with Crippen LogP contribution in [-0.4, -0.2) is 24.0 Å². The quantitative estimate of drug-likeness (QED) is 0.853.